The third-order valence-corrected chi connectivity index (χ3v) is 3.52. The highest BCUT2D eigenvalue weighted by atomic mass is 16.5. The summed E-state index contributed by atoms with van der Waals surface area (Å²) in [5.74, 6) is 7.18. The molecule has 1 saturated heterocycles. The largest absolute Gasteiger partial charge is 0.377 e. The lowest BCUT2D eigenvalue weighted by molar-refractivity contribution is 0.0820. The van der Waals surface area contributed by atoms with Crippen LogP contribution in [0.4, 0.5) is 17.8 Å². The minimum Gasteiger partial charge on any atom is -0.377 e. The molecule has 0 spiro atoms. The van der Waals surface area contributed by atoms with Gasteiger partial charge < -0.3 is 14.5 Å². The number of nitrogens with zero attached hydrogens (tertiary/aromatic N) is 5. The fourth-order valence-corrected chi connectivity index (χ4v) is 2.38. The highest BCUT2D eigenvalue weighted by Gasteiger charge is 2.20. The van der Waals surface area contributed by atoms with Crippen molar-refractivity contribution in [2.75, 3.05) is 48.0 Å². The third-order valence-electron chi connectivity index (χ3n) is 3.52. The zero-order valence-electron chi connectivity index (χ0n) is 13.0. The molecule has 2 rings (SSSR count). The summed E-state index contributed by atoms with van der Waals surface area (Å²) in [5, 5.41) is 0. The van der Waals surface area contributed by atoms with Gasteiger partial charge in [0, 0.05) is 32.8 Å². The van der Waals surface area contributed by atoms with Crippen LogP contribution in [-0.2, 0) is 4.74 Å². The Kier molecular flexibility index (Phi) is 5.51. The van der Waals surface area contributed by atoms with Gasteiger partial charge in [0.15, 0.2) is 0 Å². The number of ether oxygens (including phenoxy) is 1. The van der Waals surface area contributed by atoms with Gasteiger partial charge in [0.05, 0.1) is 6.10 Å². The fourth-order valence-electron chi connectivity index (χ4n) is 2.38. The van der Waals surface area contributed by atoms with E-state index in [1.807, 2.05) is 0 Å². The van der Waals surface area contributed by atoms with E-state index in [9.17, 15) is 0 Å². The first-order chi connectivity index (χ1) is 10.2. The Morgan fingerprint density at radius 3 is 2.76 bits per heavy atom. The molecule has 0 aliphatic carbocycles. The minimum absolute atomic E-state index is 0.162. The summed E-state index contributed by atoms with van der Waals surface area (Å²) in [6, 6.07) is 0. The molecule has 1 unspecified atom stereocenters. The van der Waals surface area contributed by atoms with Crippen LogP contribution in [0.3, 0.4) is 0 Å². The summed E-state index contributed by atoms with van der Waals surface area (Å²) < 4.78 is 5.67. The van der Waals surface area contributed by atoms with Crippen molar-refractivity contribution in [1.82, 2.24) is 15.0 Å². The second-order valence-corrected chi connectivity index (χ2v) is 5.06. The topological polar surface area (TPSA) is 92.4 Å². The third kappa shape index (κ3) is 3.92. The van der Waals surface area contributed by atoms with Crippen LogP contribution in [0, 0.1) is 0 Å². The molecule has 0 aromatic carbocycles. The van der Waals surface area contributed by atoms with Crippen molar-refractivity contribution < 1.29 is 4.74 Å². The van der Waals surface area contributed by atoms with Gasteiger partial charge in [-0.1, -0.05) is 0 Å². The molecule has 1 fully saturated rings. The first-order valence-corrected chi connectivity index (χ1v) is 7.52. The van der Waals surface area contributed by atoms with E-state index in [4.69, 9.17) is 10.6 Å². The van der Waals surface area contributed by atoms with Crippen molar-refractivity contribution in [1.29, 1.82) is 0 Å². The first-order valence-electron chi connectivity index (χ1n) is 7.52. The summed E-state index contributed by atoms with van der Waals surface area (Å²) in [6.07, 6.45) is 1.12. The van der Waals surface area contributed by atoms with Crippen LogP contribution in [0.1, 0.15) is 27.2 Å². The standard InChI is InChI=1S/C13H25N7O/c1-4-19(5-2)12-15-11(18-14)16-13(17-12)20-7-6-8-21-10(3)9-20/h10H,4-9,14H2,1-3H3,(H,15,16,17,18). The number of aromatic nitrogens is 3. The number of hydrazine groups is 1. The summed E-state index contributed by atoms with van der Waals surface area (Å²) in [6.45, 7) is 10.3. The summed E-state index contributed by atoms with van der Waals surface area (Å²) in [4.78, 5) is 17.5. The van der Waals surface area contributed by atoms with Crippen LogP contribution in [0.5, 0.6) is 0 Å². The molecule has 0 amide bonds. The Bertz CT molecular complexity index is 452. The van der Waals surface area contributed by atoms with Gasteiger partial charge in [0.1, 0.15) is 0 Å². The van der Waals surface area contributed by atoms with E-state index in [1.54, 1.807) is 0 Å². The van der Waals surface area contributed by atoms with Crippen LogP contribution >= 0.6 is 0 Å². The van der Waals surface area contributed by atoms with Gasteiger partial charge in [-0.15, -0.1) is 0 Å². The molecule has 8 nitrogen and oxygen atoms in total. The molecule has 3 N–H and O–H groups in total. The van der Waals surface area contributed by atoms with E-state index in [-0.39, 0.29) is 6.10 Å². The molecule has 1 aromatic rings. The SMILES string of the molecule is CCN(CC)c1nc(NN)nc(N2CCCOC(C)C2)n1. The van der Waals surface area contributed by atoms with Crippen molar-refractivity contribution in [3.63, 3.8) is 0 Å². The number of nitrogen functional groups attached to an aromatic ring is 1. The zero-order valence-corrected chi connectivity index (χ0v) is 13.0. The molecular formula is C13H25N7O. The molecule has 2 heterocycles. The van der Waals surface area contributed by atoms with Crippen LogP contribution in [0.2, 0.25) is 0 Å². The normalized spacial score (nSPS) is 19.2. The quantitative estimate of drug-likeness (QED) is 0.603. The van der Waals surface area contributed by atoms with Gasteiger partial charge in [0.25, 0.3) is 0 Å². The lowest BCUT2D eigenvalue weighted by Gasteiger charge is -2.25. The second-order valence-electron chi connectivity index (χ2n) is 5.06. The highest BCUT2D eigenvalue weighted by molar-refractivity contribution is 5.44. The van der Waals surface area contributed by atoms with Gasteiger partial charge in [-0.05, 0) is 27.2 Å². The molecule has 0 saturated carbocycles. The van der Waals surface area contributed by atoms with Crippen LogP contribution < -0.4 is 21.1 Å². The number of nitrogens with two attached hydrogens (primary N) is 1. The van der Waals surface area contributed by atoms with E-state index in [0.29, 0.717) is 17.8 Å². The first kappa shape index (κ1) is 15.7. The van der Waals surface area contributed by atoms with E-state index in [1.165, 1.54) is 0 Å². The molecule has 1 aliphatic rings. The molecule has 0 bridgehead atoms. The Morgan fingerprint density at radius 1 is 1.33 bits per heavy atom. The van der Waals surface area contributed by atoms with E-state index >= 15 is 0 Å². The van der Waals surface area contributed by atoms with E-state index < -0.39 is 0 Å². The molecule has 1 aliphatic heterocycles. The van der Waals surface area contributed by atoms with E-state index in [0.717, 1.165) is 39.2 Å². The molecule has 1 atom stereocenters. The minimum atomic E-state index is 0.162. The maximum Gasteiger partial charge on any atom is 0.243 e. The Balaban J connectivity index is 2.30. The number of anilines is 3. The zero-order chi connectivity index (χ0) is 15.2. The van der Waals surface area contributed by atoms with Crippen molar-refractivity contribution >= 4 is 17.8 Å². The molecule has 0 radical (unpaired) electrons. The summed E-state index contributed by atoms with van der Waals surface area (Å²) in [5.41, 5.74) is 2.53. The highest BCUT2D eigenvalue weighted by Crippen LogP contribution is 2.18. The molecule has 1 aromatic heterocycles. The van der Waals surface area contributed by atoms with Crippen molar-refractivity contribution in [3.05, 3.63) is 0 Å². The Labute approximate surface area is 125 Å². The molecular weight excluding hydrogens is 270 g/mol. The van der Waals surface area contributed by atoms with Crippen molar-refractivity contribution in [2.24, 2.45) is 5.84 Å². The predicted octanol–water partition coefficient (Wildman–Crippen LogP) is 0.619. The number of hydrogen-bond acceptors (Lipinski definition) is 8. The average Bonchev–Trinajstić information content (AvgIpc) is 2.73. The lowest BCUT2D eigenvalue weighted by atomic mass is 10.3. The van der Waals surface area contributed by atoms with Gasteiger partial charge >= 0.3 is 0 Å². The molecule has 21 heavy (non-hydrogen) atoms. The summed E-state index contributed by atoms with van der Waals surface area (Å²) in [7, 11) is 0. The Hall–Kier alpha value is -1.67. The van der Waals surface area contributed by atoms with Gasteiger partial charge in [0.2, 0.25) is 17.8 Å². The van der Waals surface area contributed by atoms with Crippen LogP contribution in [-0.4, -0.2) is 53.8 Å². The van der Waals surface area contributed by atoms with Gasteiger partial charge in [-0.3, -0.25) is 5.43 Å². The van der Waals surface area contributed by atoms with Crippen LogP contribution in [0.15, 0.2) is 0 Å². The maximum atomic E-state index is 5.67. The van der Waals surface area contributed by atoms with Gasteiger partial charge in [-0.2, -0.15) is 15.0 Å². The number of rotatable bonds is 5. The molecule has 8 heteroatoms. The van der Waals surface area contributed by atoms with Crippen molar-refractivity contribution in [2.45, 2.75) is 33.3 Å². The maximum absolute atomic E-state index is 5.67. The number of nitrogens with one attached hydrogen (secondary N) is 1. The fraction of sp³-hybridized carbons (Fsp3) is 0.769. The number of hydrogen-bond donors (Lipinski definition) is 2. The summed E-state index contributed by atoms with van der Waals surface area (Å²) >= 11 is 0. The van der Waals surface area contributed by atoms with Crippen molar-refractivity contribution in [3.8, 4) is 0 Å². The van der Waals surface area contributed by atoms with E-state index in [2.05, 4.69) is 50.9 Å². The lowest BCUT2D eigenvalue weighted by Crippen LogP contribution is -2.33. The average molecular weight is 295 g/mol. The smallest absolute Gasteiger partial charge is 0.243 e. The Morgan fingerprint density at radius 2 is 2.10 bits per heavy atom. The van der Waals surface area contributed by atoms with Gasteiger partial charge in [-0.25, -0.2) is 5.84 Å². The monoisotopic (exact) mass is 295 g/mol. The van der Waals surface area contributed by atoms with Crippen LogP contribution in [0.25, 0.3) is 0 Å². The second kappa shape index (κ2) is 7.37. The predicted molar refractivity (Wildman–Crippen MR) is 83.4 cm³/mol. The molecule has 118 valence electrons.